The van der Waals surface area contributed by atoms with E-state index in [0.29, 0.717) is 19.7 Å². The number of benzene rings is 1. The van der Waals surface area contributed by atoms with Gasteiger partial charge < -0.3 is 15.2 Å². The van der Waals surface area contributed by atoms with Gasteiger partial charge in [0, 0.05) is 13.1 Å². The van der Waals surface area contributed by atoms with Gasteiger partial charge in [0.25, 0.3) is 0 Å². The van der Waals surface area contributed by atoms with Crippen molar-refractivity contribution in [3.05, 3.63) is 35.9 Å². The summed E-state index contributed by atoms with van der Waals surface area (Å²) in [5.41, 5.74) is -0.0273. The summed E-state index contributed by atoms with van der Waals surface area (Å²) in [6, 6.07) is 9.57. The van der Waals surface area contributed by atoms with Gasteiger partial charge in [-0.25, -0.2) is 4.79 Å². The zero-order chi connectivity index (χ0) is 10.7. The number of nitrogens with one attached hydrogen (secondary N) is 1. The van der Waals surface area contributed by atoms with Crippen molar-refractivity contribution in [1.82, 2.24) is 5.32 Å². The quantitative estimate of drug-likeness (QED) is 0.760. The van der Waals surface area contributed by atoms with E-state index < -0.39 is 11.6 Å². The fraction of sp³-hybridized carbons (Fsp3) is 0.364. The highest BCUT2D eigenvalue weighted by Gasteiger charge is 2.45. The molecule has 0 spiro atoms. The number of hydrogen-bond donors (Lipinski definition) is 2. The minimum absolute atomic E-state index is 0.342. The summed E-state index contributed by atoms with van der Waals surface area (Å²) in [5, 5.41) is 11.9. The molecule has 1 saturated heterocycles. The summed E-state index contributed by atoms with van der Waals surface area (Å²) in [5.74, 6) is -0.891. The van der Waals surface area contributed by atoms with Gasteiger partial charge in [-0.3, -0.25) is 0 Å². The molecule has 0 bridgehead atoms. The van der Waals surface area contributed by atoms with Crippen LogP contribution in [0.2, 0.25) is 0 Å². The molecule has 0 atom stereocenters. The Morgan fingerprint density at radius 3 is 2.53 bits per heavy atom. The van der Waals surface area contributed by atoms with Crippen LogP contribution in [0.3, 0.4) is 0 Å². The first-order valence-corrected chi connectivity index (χ1v) is 4.85. The summed E-state index contributed by atoms with van der Waals surface area (Å²) in [4.78, 5) is 11.0. The van der Waals surface area contributed by atoms with Gasteiger partial charge >= 0.3 is 5.97 Å². The maximum absolute atomic E-state index is 11.0. The highest BCUT2D eigenvalue weighted by atomic mass is 16.5. The van der Waals surface area contributed by atoms with Gasteiger partial charge in [-0.05, 0) is 5.56 Å². The normalized spacial score (nSPS) is 18.1. The second-order valence-electron chi connectivity index (χ2n) is 3.68. The first kappa shape index (κ1) is 10.1. The van der Waals surface area contributed by atoms with E-state index in [1.54, 1.807) is 0 Å². The number of hydrogen-bond acceptors (Lipinski definition) is 3. The van der Waals surface area contributed by atoms with E-state index in [2.05, 4.69) is 5.32 Å². The third-order valence-electron chi connectivity index (χ3n) is 2.57. The molecule has 0 aromatic heterocycles. The Morgan fingerprint density at radius 1 is 1.40 bits per heavy atom. The van der Waals surface area contributed by atoms with E-state index in [1.807, 2.05) is 30.3 Å². The van der Waals surface area contributed by atoms with Crippen LogP contribution >= 0.6 is 0 Å². The van der Waals surface area contributed by atoms with Crippen LogP contribution < -0.4 is 5.32 Å². The molecule has 1 fully saturated rings. The SMILES string of the molecule is O=C(O)C1(OCc2ccccc2)CNC1. The predicted octanol–water partition coefficient (Wildman–Crippen LogP) is 0.630. The largest absolute Gasteiger partial charge is 0.479 e. The molecule has 80 valence electrons. The zero-order valence-corrected chi connectivity index (χ0v) is 8.27. The van der Waals surface area contributed by atoms with Crippen molar-refractivity contribution in [2.24, 2.45) is 0 Å². The van der Waals surface area contributed by atoms with E-state index in [-0.39, 0.29) is 0 Å². The Kier molecular flexibility index (Phi) is 2.70. The van der Waals surface area contributed by atoms with Gasteiger partial charge in [0.05, 0.1) is 6.61 Å². The van der Waals surface area contributed by atoms with Gasteiger partial charge in [0.15, 0.2) is 5.60 Å². The molecule has 4 heteroatoms. The van der Waals surface area contributed by atoms with Gasteiger partial charge in [0.1, 0.15) is 0 Å². The maximum atomic E-state index is 11.0. The van der Waals surface area contributed by atoms with Crippen LogP contribution in [0.25, 0.3) is 0 Å². The second kappa shape index (κ2) is 4.00. The van der Waals surface area contributed by atoms with Crippen LogP contribution in [0.4, 0.5) is 0 Å². The Morgan fingerprint density at radius 2 is 2.07 bits per heavy atom. The van der Waals surface area contributed by atoms with Crippen LogP contribution in [0, 0.1) is 0 Å². The number of rotatable bonds is 4. The lowest BCUT2D eigenvalue weighted by Crippen LogP contribution is -2.65. The summed E-state index contributed by atoms with van der Waals surface area (Å²) in [7, 11) is 0. The molecule has 2 N–H and O–H groups in total. The number of carboxylic acids is 1. The number of aliphatic carboxylic acids is 1. The number of carboxylic acid groups (broad SMARTS) is 1. The number of carbonyl (C=O) groups is 1. The average molecular weight is 207 g/mol. The second-order valence-corrected chi connectivity index (χ2v) is 3.68. The van der Waals surface area contributed by atoms with E-state index in [1.165, 1.54) is 0 Å². The molecule has 0 amide bonds. The van der Waals surface area contributed by atoms with Crippen LogP contribution in [0.15, 0.2) is 30.3 Å². The molecule has 0 saturated carbocycles. The molecule has 0 aliphatic carbocycles. The standard InChI is InChI=1S/C11H13NO3/c13-10(14)11(7-12-8-11)15-6-9-4-2-1-3-5-9/h1-5,12H,6-8H2,(H,13,14). The summed E-state index contributed by atoms with van der Waals surface area (Å²) >= 11 is 0. The lowest BCUT2D eigenvalue weighted by atomic mass is 9.97. The van der Waals surface area contributed by atoms with E-state index in [4.69, 9.17) is 9.84 Å². The third kappa shape index (κ3) is 2.00. The molecule has 0 unspecified atom stereocenters. The first-order valence-electron chi connectivity index (χ1n) is 4.85. The van der Waals surface area contributed by atoms with Crippen molar-refractivity contribution < 1.29 is 14.6 Å². The Bertz CT molecular complexity index is 346. The predicted molar refractivity (Wildman–Crippen MR) is 54.5 cm³/mol. The van der Waals surface area contributed by atoms with Crippen LogP contribution in [-0.2, 0) is 16.1 Å². The minimum Gasteiger partial charge on any atom is -0.479 e. The van der Waals surface area contributed by atoms with Gasteiger partial charge in [-0.15, -0.1) is 0 Å². The van der Waals surface area contributed by atoms with Crippen LogP contribution in [0.5, 0.6) is 0 Å². The molecular weight excluding hydrogens is 194 g/mol. The summed E-state index contributed by atoms with van der Waals surface area (Å²) in [6.07, 6.45) is 0. The van der Waals surface area contributed by atoms with Crippen molar-refractivity contribution in [2.75, 3.05) is 13.1 Å². The average Bonchev–Trinajstić information content (AvgIpc) is 2.17. The van der Waals surface area contributed by atoms with Crippen LogP contribution in [0.1, 0.15) is 5.56 Å². The molecule has 15 heavy (non-hydrogen) atoms. The lowest BCUT2D eigenvalue weighted by molar-refractivity contribution is -0.175. The summed E-state index contributed by atoms with van der Waals surface area (Å²) in [6.45, 7) is 1.11. The van der Waals surface area contributed by atoms with Crippen molar-refractivity contribution in [2.45, 2.75) is 12.2 Å². The Labute approximate surface area is 87.9 Å². The topological polar surface area (TPSA) is 58.6 Å². The van der Waals surface area contributed by atoms with E-state index >= 15 is 0 Å². The monoisotopic (exact) mass is 207 g/mol. The number of ether oxygens (including phenoxy) is 1. The zero-order valence-electron chi connectivity index (χ0n) is 8.27. The molecule has 1 aromatic rings. The van der Waals surface area contributed by atoms with Gasteiger partial charge in [-0.1, -0.05) is 30.3 Å². The minimum atomic E-state index is -1.02. The smallest absolute Gasteiger partial charge is 0.338 e. The highest BCUT2D eigenvalue weighted by molar-refractivity contribution is 5.79. The fourth-order valence-electron chi connectivity index (χ4n) is 1.46. The van der Waals surface area contributed by atoms with Gasteiger partial charge in [0.2, 0.25) is 0 Å². The van der Waals surface area contributed by atoms with E-state index in [0.717, 1.165) is 5.56 Å². The fourth-order valence-corrected chi connectivity index (χ4v) is 1.46. The van der Waals surface area contributed by atoms with Crippen molar-refractivity contribution in [3.8, 4) is 0 Å². The molecule has 2 rings (SSSR count). The van der Waals surface area contributed by atoms with Crippen LogP contribution in [-0.4, -0.2) is 29.8 Å². The van der Waals surface area contributed by atoms with Gasteiger partial charge in [-0.2, -0.15) is 0 Å². The molecule has 1 aliphatic heterocycles. The van der Waals surface area contributed by atoms with E-state index in [9.17, 15) is 4.79 Å². The molecule has 1 aromatic carbocycles. The third-order valence-corrected chi connectivity index (χ3v) is 2.57. The Balaban J connectivity index is 1.95. The molecule has 4 nitrogen and oxygen atoms in total. The Hall–Kier alpha value is -1.39. The lowest BCUT2D eigenvalue weighted by Gasteiger charge is -2.38. The maximum Gasteiger partial charge on any atom is 0.338 e. The molecule has 1 aliphatic rings. The highest BCUT2D eigenvalue weighted by Crippen LogP contribution is 2.19. The molecule has 0 radical (unpaired) electrons. The molecule has 1 heterocycles. The first-order chi connectivity index (χ1) is 7.23. The van der Waals surface area contributed by atoms with Crippen molar-refractivity contribution in [1.29, 1.82) is 0 Å². The van der Waals surface area contributed by atoms with Crippen molar-refractivity contribution in [3.63, 3.8) is 0 Å². The summed E-state index contributed by atoms with van der Waals surface area (Å²) < 4.78 is 5.45. The van der Waals surface area contributed by atoms with Crippen molar-refractivity contribution >= 4 is 5.97 Å². The molecular formula is C11H13NO3.